The van der Waals surface area contributed by atoms with E-state index in [0.29, 0.717) is 10.7 Å². The van der Waals surface area contributed by atoms with Crippen LogP contribution < -0.4 is 4.74 Å². The van der Waals surface area contributed by atoms with Gasteiger partial charge in [0.25, 0.3) is 0 Å². The molecule has 0 aromatic heterocycles. The van der Waals surface area contributed by atoms with E-state index in [9.17, 15) is 0 Å². The average Bonchev–Trinajstić information content (AvgIpc) is 2.28. The Morgan fingerprint density at radius 3 is 2.73 bits per heavy atom. The summed E-state index contributed by atoms with van der Waals surface area (Å²) >= 11 is 3.75. The first kappa shape index (κ1) is 12.6. The van der Waals surface area contributed by atoms with E-state index < -0.39 is 0 Å². The second-order valence-electron chi connectivity index (χ2n) is 3.87. The SMILES string of the molecule is CCCC(Br)C(C)c1cccc(OC)c1. The highest BCUT2D eigenvalue weighted by molar-refractivity contribution is 9.09. The molecule has 1 nitrogen and oxygen atoms in total. The summed E-state index contributed by atoms with van der Waals surface area (Å²) in [5.41, 5.74) is 1.34. The molecule has 0 aliphatic heterocycles. The van der Waals surface area contributed by atoms with Crippen molar-refractivity contribution in [2.24, 2.45) is 0 Å². The van der Waals surface area contributed by atoms with E-state index in [1.165, 1.54) is 18.4 Å². The molecule has 0 aliphatic carbocycles. The lowest BCUT2D eigenvalue weighted by Gasteiger charge is -2.18. The molecule has 0 spiro atoms. The fourth-order valence-electron chi connectivity index (χ4n) is 1.66. The van der Waals surface area contributed by atoms with Gasteiger partial charge in [0.15, 0.2) is 0 Å². The molecule has 2 heteroatoms. The van der Waals surface area contributed by atoms with Crippen LogP contribution in [-0.4, -0.2) is 11.9 Å². The molecule has 1 aromatic rings. The molecule has 0 fully saturated rings. The maximum Gasteiger partial charge on any atom is 0.119 e. The number of ether oxygens (including phenoxy) is 1. The molecule has 0 amide bonds. The fraction of sp³-hybridized carbons (Fsp3) is 0.538. The van der Waals surface area contributed by atoms with E-state index in [0.717, 1.165) is 5.75 Å². The molecule has 2 atom stereocenters. The second-order valence-corrected chi connectivity index (χ2v) is 5.05. The minimum Gasteiger partial charge on any atom is -0.497 e. The lowest BCUT2D eigenvalue weighted by atomic mass is 9.95. The van der Waals surface area contributed by atoms with Gasteiger partial charge in [0.05, 0.1) is 7.11 Å². The van der Waals surface area contributed by atoms with Crippen LogP contribution in [0.1, 0.15) is 38.2 Å². The molecule has 0 aliphatic rings. The van der Waals surface area contributed by atoms with Gasteiger partial charge < -0.3 is 4.74 Å². The third-order valence-corrected chi connectivity index (χ3v) is 3.98. The monoisotopic (exact) mass is 270 g/mol. The highest BCUT2D eigenvalue weighted by Crippen LogP contribution is 2.29. The van der Waals surface area contributed by atoms with Gasteiger partial charge in [0.1, 0.15) is 5.75 Å². The normalized spacial score (nSPS) is 14.7. The zero-order valence-electron chi connectivity index (χ0n) is 9.66. The molecule has 1 aromatic carbocycles. The van der Waals surface area contributed by atoms with Crippen molar-refractivity contribution in [3.63, 3.8) is 0 Å². The van der Waals surface area contributed by atoms with Crippen LogP contribution in [0.25, 0.3) is 0 Å². The van der Waals surface area contributed by atoms with Gasteiger partial charge in [0.2, 0.25) is 0 Å². The third kappa shape index (κ3) is 3.53. The summed E-state index contributed by atoms with van der Waals surface area (Å²) in [4.78, 5) is 0.551. The first-order valence-corrected chi connectivity index (χ1v) is 6.38. The van der Waals surface area contributed by atoms with Crippen LogP contribution in [0.4, 0.5) is 0 Å². The summed E-state index contributed by atoms with van der Waals surface area (Å²) in [6, 6.07) is 8.32. The lowest BCUT2D eigenvalue weighted by Crippen LogP contribution is -2.08. The standard InChI is InChI=1S/C13H19BrO/c1-4-6-13(14)10(2)11-7-5-8-12(9-11)15-3/h5,7-10,13H,4,6H2,1-3H3. The largest absolute Gasteiger partial charge is 0.497 e. The minimum atomic E-state index is 0.528. The van der Waals surface area contributed by atoms with Crippen LogP contribution in [0.3, 0.4) is 0 Å². The highest BCUT2D eigenvalue weighted by atomic mass is 79.9. The molecule has 0 radical (unpaired) electrons. The number of benzene rings is 1. The van der Waals surface area contributed by atoms with Gasteiger partial charge in [-0.3, -0.25) is 0 Å². The molecular formula is C13H19BrO. The summed E-state index contributed by atoms with van der Waals surface area (Å²) in [6.45, 7) is 4.47. The number of rotatable bonds is 5. The van der Waals surface area contributed by atoms with Gasteiger partial charge in [-0.2, -0.15) is 0 Å². The van der Waals surface area contributed by atoms with Crippen molar-refractivity contribution in [3.8, 4) is 5.75 Å². The van der Waals surface area contributed by atoms with E-state index in [4.69, 9.17) is 4.74 Å². The van der Waals surface area contributed by atoms with Crippen LogP contribution in [0.15, 0.2) is 24.3 Å². The van der Waals surface area contributed by atoms with Crippen LogP contribution in [0, 0.1) is 0 Å². The molecule has 0 saturated heterocycles. The smallest absolute Gasteiger partial charge is 0.119 e. The van der Waals surface area contributed by atoms with Crippen molar-refractivity contribution in [2.45, 2.75) is 37.4 Å². The van der Waals surface area contributed by atoms with Gasteiger partial charge >= 0.3 is 0 Å². The van der Waals surface area contributed by atoms with Crippen LogP contribution in [0.5, 0.6) is 5.75 Å². The third-order valence-electron chi connectivity index (χ3n) is 2.73. The van der Waals surface area contributed by atoms with Crippen LogP contribution >= 0.6 is 15.9 Å². The summed E-state index contributed by atoms with van der Waals surface area (Å²) in [6.07, 6.45) is 2.42. The number of methoxy groups -OCH3 is 1. The van der Waals surface area contributed by atoms with Crippen LogP contribution in [0.2, 0.25) is 0 Å². The molecule has 2 unspecified atom stereocenters. The van der Waals surface area contributed by atoms with Crippen molar-refractivity contribution in [1.82, 2.24) is 0 Å². The minimum absolute atomic E-state index is 0.528. The summed E-state index contributed by atoms with van der Waals surface area (Å²) < 4.78 is 5.23. The first-order valence-electron chi connectivity index (χ1n) is 5.47. The molecule has 0 N–H and O–H groups in total. The van der Waals surface area contributed by atoms with Gasteiger partial charge in [0, 0.05) is 4.83 Å². The molecule has 15 heavy (non-hydrogen) atoms. The number of alkyl halides is 1. The maximum absolute atomic E-state index is 5.23. The molecule has 0 saturated carbocycles. The Labute approximate surface area is 101 Å². The molecular weight excluding hydrogens is 252 g/mol. The van der Waals surface area contributed by atoms with E-state index in [1.54, 1.807) is 7.11 Å². The van der Waals surface area contributed by atoms with Crippen molar-refractivity contribution in [1.29, 1.82) is 0 Å². The Bertz CT molecular complexity index is 298. The van der Waals surface area contributed by atoms with Crippen LogP contribution in [-0.2, 0) is 0 Å². The molecule has 84 valence electrons. The highest BCUT2D eigenvalue weighted by Gasteiger charge is 2.15. The fourth-order valence-corrected chi connectivity index (χ4v) is 2.42. The predicted molar refractivity (Wildman–Crippen MR) is 69.0 cm³/mol. The topological polar surface area (TPSA) is 9.23 Å². The van der Waals surface area contributed by atoms with Gasteiger partial charge in [-0.05, 0) is 30.0 Å². The average molecular weight is 271 g/mol. The second kappa shape index (κ2) is 6.16. The van der Waals surface area contributed by atoms with Gasteiger partial charge in [-0.25, -0.2) is 0 Å². The maximum atomic E-state index is 5.23. The number of hydrogen-bond donors (Lipinski definition) is 0. The van der Waals surface area contributed by atoms with Gasteiger partial charge in [-0.15, -0.1) is 0 Å². The zero-order valence-corrected chi connectivity index (χ0v) is 11.3. The van der Waals surface area contributed by atoms with Crippen molar-refractivity contribution in [2.75, 3.05) is 7.11 Å². The summed E-state index contributed by atoms with van der Waals surface area (Å²) in [5.74, 6) is 1.47. The molecule has 1 rings (SSSR count). The molecule has 0 heterocycles. The quantitative estimate of drug-likeness (QED) is 0.723. The number of halogens is 1. The van der Waals surface area contributed by atoms with Crippen molar-refractivity contribution < 1.29 is 4.74 Å². The summed E-state index contributed by atoms with van der Waals surface area (Å²) in [7, 11) is 1.71. The lowest BCUT2D eigenvalue weighted by molar-refractivity contribution is 0.414. The first-order chi connectivity index (χ1) is 7.19. The van der Waals surface area contributed by atoms with E-state index >= 15 is 0 Å². The predicted octanol–water partition coefficient (Wildman–Crippen LogP) is 4.36. The Morgan fingerprint density at radius 2 is 2.13 bits per heavy atom. The Kier molecular flexibility index (Phi) is 5.16. The van der Waals surface area contributed by atoms with Crippen molar-refractivity contribution >= 4 is 15.9 Å². The van der Waals surface area contributed by atoms with E-state index in [-0.39, 0.29) is 0 Å². The Balaban J connectivity index is 2.76. The van der Waals surface area contributed by atoms with Gasteiger partial charge in [-0.1, -0.05) is 48.3 Å². The van der Waals surface area contributed by atoms with Crippen molar-refractivity contribution in [3.05, 3.63) is 29.8 Å². The molecule has 0 bridgehead atoms. The summed E-state index contributed by atoms with van der Waals surface area (Å²) in [5, 5.41) is 0. The Morgan fingerprint density at radius 1 is 1.40 bits per heavy atom. The zero-order chi connectivity index (χ0) is 11.3. The van der Waals surface area contributed by atoms with E-state index in [2.05, 4.69) is 48.0 Å². The van der Waals surface area contributed by atoms with E-state index in [1.807, 2.05) is 6.07 Å². The Hall–Kier alpha value is -0.500. The number of hydrogen-bond acceptors (Lipinski definition) is 1.